The van der Waals surface area contributed by atoms with Crippen LogP contribution in [0.25, 0.3) is 0 Å². The first kappa shape index (κ1) is 12.5. The fraction of sp³-hybridized carbons (Fsp3) is 0.538. The van der Waals surface area contributed by atoms with Gasteiger partial charge in [-0.3, -0.25) is 0 Å². The number of hydrogen-bond acceptors (Lipinski definition) is 3. The summed E-state index contributed by atoms with van der Waals surface area (Å²) in [5, 5.41) is 0. The Morgan fingerprint density at radius 3 is 2.12 bits per heavy atom. The molecule has 1 aromatic carbocycles. The minimum Gasteiger partial charge on any atom is -0.403 e. The van der Waals surface area contributed by atoms with Gasteiger partial charge in [0.1, 0.15) is 0 Å². The van der Waals surface area contributed by atoms with Crippen LogP contribution < -0.4 is 5.73 Å². The quantitative estimate of drug-likeness (QED) is 0.630. The maximum atomic E-state index is 5.95. The molecule has 1 aliphatic rings. The van der Waals surface area contributed by atoms with Crippen LogP contribution in [0.2, 0.25) is 0 Å². The lowest BCUT2D eigenvalue weighted by Crippen LogP contribution is -2.41. The molecular weight excluding hydrogens is 213 g/mol. The van der Waals surface area contributed by atoms with Crippen LogP contribution in [0.1, 0.15) is 33.3 Å². The highest BCUT2D eigenvalue weighted by Gasteiger charge is 2.50. The fourth-order valence-electron chi connectivity index (χ4n) is 1.95. The molecule has 2 rings (SSSR count). The second-order valence-electron chi connectivity index (χ2n) is 5.59. The van der Waals surface area contributed by atoms with E-state index in [1.165, 1.54) is 0 Å². The molecule has 2 N–H and O–H groups in total. The van der Waals surface area contributed by atoms with Crippen molar-refractivity contribution >= 4 is 12.8 Å². The van der Waals surface area contributed by atoms with E-state index in [1.54, 1.807) is 0 Å². The van der Waals surface area contributed by atoms with Gasteiger partial charge in [0.05, 0.1) is 11.2 Å². The standard InChI is InChI=1S/C13H20BNO2/c1-12(2)13(3,4)17-14(16-12)9-10-7-5-6-8-11(10)15/h5-8H,9,15H2,1-4H3. The monoisotopic (exact) mass is 233 g/mol. The van der Waals surface area contributed by atoms with Crippen molar-refractivity contribution in [2.24, 2.45) is 0 Å². The van der Waals surface area contributed by atoms with Crippen molar-refractivity contribution in [3.63, 3.8) is 0 Å². The molecule has 92 valence electrons. The summed E-state index contributed by atoms with van der Waals surface area (Å²) >= 11 is 0. The van der Waals surface area contributed by atoms with Crippen molar-refractivity contribution in [2.45, 2.75) is 45.2 Å². The third kappa shape index (κ3) is 2.33. The first-order chi connectivity index (χ1) is 7.82. The zero-order valence-electron chi connectivity index (χ0n) is 11.0. The summed E-state index contributed by atoms with van der Waals surface area (Å²) in [6.07, 6.45) is 0.694. The Balaban J connectivity index is 2.11. The summed E-state index contributed by atoms with van der Waals surface area (Å²) in [7, 11) is -0.218. The molecule has 3 nitrogen and oxygen atoms in total. The van der Waals surface area contributed by atoms with Crippen molar-refractivity contribution in [1.82, 2.24) is 0 Å². The van der Waals surface area contributed by atoms with E-state index in [1.807, 2.05) is 24.3 Å². The average molecular weight is 233 g/mol. The number of hydrogen-bond donors (Lipinski definition) is 1. The molecule has 0 amide bonds. The molecule has 0 unspecified atom stereocenters. The average Bonchev–Trinajstić information content (AvgIpc) is 2.39. The fourth-order valence-corrected chi connectivity index (χ4v) is 1.95. The molecular formula is C13H20BNO2. The molecule has 1 fully saturated rings. The lowest BCUT2D eigenvalue weighted by molar-refractivity contribution is 0.00578. The van der Waals surface area contributed by atoms with E-state index in [9.17, 15) is 0 Å². The predicted molar refractivity (Wildman–Crippen MR) is 70.6 cm³/mol. The smallest absolute Gasteiger partial charge is 0.403 e. The van der Waals surface area contributed by atoms with Gasteiger partial charge in [-0.15, -0.1) is 0 Å². The summed E-state index contributed by atoms with van der Waals surface area (Å²) in [5.74, 6) is 0. The van der Waals surface area contributed by atoms with E-state index in [4.69, 9.17) is 15.0 Å². The van der Waals surface area contributed by atoms with E-state index in [2.05, 4.69) is 27.7 Å². The van der Waals surface area contributed by atoms with Gasteiger partial charge in [0.25, 0.3) is 0 Å². The molecule has 17 heavy (non-hydrogen) atoms. The number of benzene rings is 1. The normalized spacial score (nSPS) is 21.8. The number of nitrogen functional groups attached to an aromatic ring is 1. The van der Waals surface area contributed by atoms with E-state index in [-0.39, 0.29) is 18.3 Å². The number of rotatable bonds is 2. The van der Waals surface area contributed by atoms with Gasteiger partial charge in [0.15, 0.2) is 0 Å². The minimum absolute atomic E-state index is 0.218. The largest absolute Gasteiger partial charge is 0.462 e. The topological polar surface area (TPSA) is 44.5 Å². The van der Waals surface area contributed by atoms with E-state index in [0.717, 1.165) is 11.3 Å². The lowest BCUT2D eigenvalue weighted by atomic mass is 9.80. The highest BCUT2D eigenvalue weighted by Crippen LogP contribution is 2.37. The molecule has 0 bridgehead atoms. The number of anilines is 1. The van der Waals surface area contributed by atoms with Gasteiger partial charge < -0.3 is 15.0 Å². The molecule has 0 aromatic heterocycles. The second kappa shape index (κ2) is 4.04. The zero-order valence-corrected chi connectivity index (χ0v) is 11.0. The zero-order chi connectivity index (χ0) is 12.7. The van der Waals surface area contributed by atoms with Gasteiger partial charge in [-0.2, -0.15) is 0 Å². The third-order valence-electron chi connectivity index (χ3n) is 3.74. The van der Waals surface area contributed by atoms with Gasteiger partial charge >= 0.3 is 7.12 Å². The highest BCUT2D eigenvalue weighted by atomic mass is 16.7. The van der Waals surface area contributed by atoms with Crippen molar-refractivity contribution in [3.8, 4) is 0 Å². The summed E-state index contributed by atoms with van der Waals surface area (Å²) in [6.45, 7) is 8.23. The van der Waals surface area contributed by atoms with E-state index < -0.39 is 0 Å². The first-order valence-electron chi connectivity index (χ1n) is 6.01. The number of nitrogens with two attached hydrogens (primary N) is 1. The van der Waals surface area contributed by atoms with Crippen LogP contribution in [-0.2, 0) is 15.6 Å². The molecule has 1 aromatic rings. The van der Waals surface area contributed by atoms with Crippen LogP contribution >= 0.6 is 0 Å². The molecule has 0 saturated carbocycles. The van der Waals surface area contributed by atoms with Gasteiger partial charge in [0, 0.05) is 12.0 Å². The second-order valence-corrected chi connectivity index (χ2v) is 5.59. The van der Waals surface area contributed by atoms with Gasteiger partial charge in [0.2, 0.25) is 0 Å². The predicted octanol–water partition coefficient (Wildman–Crippen LogP) is 2.44. The lowest BCUT2D eigenvalue weighted by Gasteiger charge is -2.32. The van der Waals surface area contributed by atoms with Gasteiger partial charge in [-0.25, -0.2) is 0 Å². The molecule has 0 atom stereocenters. The van der Waals surface area contributed by atoms with Crippen LogP contribution in [-0.4, -0.2) is 18.3 Å². The molecule has 0 aliphatic carbocycles. The van der Waals surface area contributed by atoms with Crippen molar-refractivity contribution < 1.29 is 9.31 Å². The molecule has 1 heterocycles. The highest BCUT2D eigenvalue weighted by molar-refractivity contribution is 6.45. The van der Waals surface area contributed by atoms with Gasteiger partial charge in [-0.05, 0) is 39.3 Å². The van der Waals surface area contributed by atoms with Crippen LogP contribution in [0.3, 0.4) is 0 Å². The minimum atomic E-state index is -0.277. The molecule has 4 heteroatoms. The van der Waals surface area contributed by atoms with Gasteiger partial charge in [-0.1, -0.05) is 18.2 Å². The molecule has 1 aliphatic heterocycles. The summed E-state index contributed by atoms with van der Waals surface area (Å²) in [4.78, 5) is 0. The first-order valence-corrected chi connectivity index (χ1v) is 6.01. The Kier molecular flexibility index (Phi) is 2.96. The van der Waals surface area contributed by atoms with Crippen molar-refractivity contribution in [2.75, 3.05) is 5.73 Å². The molecule has 0 radical (unpaired) electrons. The third-order valence-corrected chi connectivity index (χ3v) is 3.74. The maximum absolute atomic E-state index is 5.95. The van der Waals surface area contributed by atoms with Crippen LogP contribution in [0.5, 0.6) is 0 Å². The molecule has 0 spiro atoms. The SMILES string of the molecule is CC1(C)OB(Cc2ccccc2N)OC1(C)C. The van der Waals surface area contributed by atoms with Crippen LogP contribution in [0.15, 0.2) is 24.3 Å². The summed E-state index contributed by atoms with van der Waals surface area (Å²) in [5.41, 5.74) is 7.24. The van der Waals surface area contributed by atoms with Crippen molar-refractivity contribution in [3.05, 3.63) is 29.8 Å². The van der Waals surface area contributed by atoms with E-state index in [0.29, 0.717) is 6.32 Å². The molecule has 1 saturated heterocycles. The van der Waals surface area contributed by atoms with E-state index >= 15 is 0 Å². The Morgan fingerprint density at radius 2 is 1.59 bits per heavy atom. The Bertz CT molecular complexity index is 402. The van der Waals surface area contributed by atoms with Crippen molar-refractivity contribution in [1.29, 1.82) is 0 Å². The summed E-state index contributed by atoms with van der Waals surface area (Å²) < 4.78 is 11.9. The van der Waals surface area contributed by atoms with Crippen LogP contribution in [0.4, 0.5) is 5.69 Å². The summed E-state index contributed by atoms with van der Waals surface area (Å²) in [6, 6.07) is 7.83. The Morgan fingerprint density at radius 1 is 1.06 bits per heavy atom. The number of para-hydroxylation sites is 1. The Hall–Kier alpha value is -0.995. The maximum Gasteiger partial charge on any atom is 0.462 e. The van der Waals surface area contributed by atoms with Crippen LogP contribution in [0, 0.1) is 0 Å². The Labute approximate surface area is 103 Å².